The first-order valence-electron chi connectivity index (χ1n) is 5.61. The van der Waals surface area contributed by atoms with Crippen LogP contribution < -0.4 is 10.4 Å². The van der Waals surface area contributed by atoms with Crippen LogP contribution in [0.4, 0.5) is 0 Å². The van der Waals surface area contributed by atoms with Crippen LogP contribution >= 0.6 is 0 Å². The van der Waals surface area contributed by atoms with Crippen LogP contribution in [0.25, 0.3) is 13.2 Å². The summed E-state index contributed by atoms with van der Waals surface area (Å²) in [7, 11) is 0. The summed E-state index contributed by atoms with van der Waals surface area (Å²) in [6.07, 6.45) is 0. The van der Waals surface area contributed by atoms with Crippen LogP contribution in [-0.2, 0) is 0 Å². The SMILES string of the molecule is C=c1cccc/c1=c1\ccccc1=C.CC. The Balaban J connectivity index is 0.000000606. The lowest BCUT2D eigenvalue weighted by Crippen LogP contribution is -2.05. The molecule has 0 aliphatic heterocycles. The Morgan fingerprint density at radius 1 is 0.625 bits per heavy atom. The minimum Gasteiger partial charge on any atom is -0.0911 e. The molecule has 16 heavy (non-hydrogen) atoms. The van der Waals surface area contributed by atoms with Gasteiger partial charge < -0.3 is 0 Å². The molecule has 0 saturated carbocycles. The maximum Gasteiger partial charge on any atom is -0.0112 e. The van der Waals surface area contributed by atoms with E-state index >= 15 is 0 Å². The lowest BCUT2D eigenvalue weighted by molar-refractivity contribution is 1.41. The lowest BCUT2D eigenvalue weighted by atomic mass is 10.1. The molecule has 0 heterocycles. The topological polar surface area (TPSA) is 0 Å². The van der Waals surface area contributed by atoms with Crippen molar-refractivity contribution < 1.29 is 0 Å². The fraction of sp³-hybridized carbons (Fsp3) is 0.125. The zero-order chi connectivity index (χ0) is 12.0. The van der Waals surface area contributed by atoms with Gasteiger partial charge in [-0.3, -0.25) is 0 Å². The third-order valence-electron chi connectivity index (χ3n) is 2.32. The van der Waals surface area contributed by atoms with Gasteiger partial charge in [0.05, 0.1) is 0 Å². The van der Waals surface area contributed by atoms with Gasteiger partial charge in [-0.2, -0.15) is 0 Å². The summed E-state index contributed by atoms with van der Waals surface area (Å²) in [4.78, 5) is 0. The summed E-state index contributed by atoms with van der Waals surface area (Å²) < 4.78 is 0. The van der Waals surface area contributed by atoms with Gasteiger partial charge in [-0.1, -0.05) is 75.5 Å². The Morgan fingerprint density at radius 2 is 0.938 bits per heavy atom. The second-order valence-corrected chi connectivity index (χ2v) is 3.31. The van der Waals surface area contributed by atoms with Crippen LogP contribution in [0.5, 0.6) is 0 Å². The molecule has 0 atom stereocenters. The molecule has 82 valence electrons. The molecule has 0 N–H and O–H groups in total. The summed E-state index contributed by atoms with van der Waals surface area (Å²) >= 11 is 0. The Hall–Kier alpha value is -1.82. The maximum absolute atomic E-state index is 4.01. The van der Waals surface area contributed by atoms with Crippen LogP contribution in [0.15, 0.2) is 48.5 Å². The van der Waals surface area contributed by atoms with Crippen molar-refractivity contribution in [1.29, 1.82) is 0 Å². The fourth-order valence-electron chi connectivity index (χ4n) is 1.57. The first-order valence-corrected chi connectivity index (χ1v) is 5.61. The number of hydrogen-bond acceptors (Lipinski definition) is 0. The van der Waals surface area contributed by atoms with Crippen molar-refractivity contribution in [2.45, 2.75) is 13.8 Å². The minimum absolute atomic E-state index is 1.05. The van der Waals surface area contributed by atoms with E-state index in [1.807, 2.05) is 50.2 Å². The standard InChI is InChI=1S/C14H12.C2H6/c1-11-7-3-5-9-13(11)14-10-6-4-8-12(14)2;1-2/h3-10H,1-2H2;1-2H3/b14-13-;. The molecule has 2 rings (SSSR count). The Labute approximate surface area is 96.9 Å². The van der Waals surface area contributed by atoms with E-state index < -0.39 is 0 Å². The Morgan fingerprint density at radius 3 is 1.25 bits per heavy atom. The minimum atomic E-state index is 1.05. The third-order valence-corrected chi connectivity index (χ3v) is 2.32. The molecule has 0 fully saturated rings. The Bertz CT molecular complexity index is 566. The van der Waals surface area contributed by atoms with E-state index in [0.29, 0.717) is 0 Å². The normalized spacial score (nSPS) is 11.4. The van der Waals surface area contributed by atoms with Crippen molar-refractivity contribution in [1.82, 2.24) is 0 Å². The van der Waals surface area contributed by atoms with Crippen LogP contribution in [0.2, 0.25) is 0 Å². The monoisotopic (exact) mass is 210 g/mol. The predicted molar refractivity (Wildman–Crippen MR) is 72.2 cm³/mol. The molecule has 0 saturated heterocycles. The van der Waals surface area contributed by atoms with E-state index in [0.717, 1.165) is 20.9 Å². The van der Waals surface area contributed by atoms with Crippen LogP contribution in [0.1, 0.15) is 13.8 Å². The molecule has 0 aromatic heterocycles. The molecule has 0 aliphatic rings. The smallest absolute Gasteiger partial charge is 0.0112 e. The Kier molecular flexibility index (Phi) is 4.53. The lowest BCUT2D eigenvalue weighted by Gasteiger charge is -1.90. The van der Waals surface area contributed by atoms with Crippen molar-refractivity contribution in [2.75, 3.05) is 0 Å². The van der Waals surface area contributed by atoms with E-state index in [4.69, 9.17) is 0 Å². The average Bonchev–Trinajstić information content (AvgIpc) is 2.34. The van der Waals surface area contributed by atoms with Crippen molar-refractivity contribution in [3.05, 3.63) is 69.4 Å². The highest BCUT2D eigenvalue weighted by atomic mass is 13.9. The van der Waals surface area contributed by atoms with Crippen molar-refractivity contribution >= 4 is 13.2 Å². The van der Waals surface area contributed by atoms with Crippen molar-refractivity contribution in [2.24, 2.45) is 0 Å². The molecular formula is C16H18. The van der Waals surface area contributed by atoms with Crippen molar-refractivity contribution in [3.63, 3.8) is 0 Å². The quantitative estimate of drug-likeness (QED) is 0.627. The van der Waals surface area contributed by atoms with E-state index in [1.54, 1.807) is 0 Å². The van der Waals surface area contributed by atoms with Gasteiger partial charge >= 0.3 is 0 Å². The van der Waals surface area contributed by atoms with Gasteiger partial charge in [0.15, 0.2) is 0 Å². The highest BCUT2D eigenvalue weighted by molar-refractivity contribution is 5.21. The van der Waals surface area contributed by atoms with Gasteiger partial charge in [-0.25, -0.2) is 0 Å². The largest absolute Gasteiger partial charge is 0.0911 e. The summed E-state index contributed by atoms with van der Waals surface area (Å²) in [5, 5.41) is 4.42. The second-order valence-electron chi connectivity index (χ2n) is 3.31. The first-order chi connectivity index (χ1) is 7.79. The van der Waals surface area contributed by atoms with E-state index in [1.165, 1.54) is 0 Å². The zero-order valence-corrected chi connectivity index (χ0v) is 10.0. The molecule has 0 heteroatoms. The van der Waals surface area contributed by atoms with Crippen LogP contribution in [0, 0.1) is 10.4 Å². The molecule has 2 aromatic carbocycles. The van der Waals surface area contributed by atoms with Gasteiger partial charge in [0.1, 0.15) is 0 Å². The summed E-state index contributed by atoms with van der Waals surface area (Å²) in [6.45, 7) is 12.0. The highest BCUT2D eigenvalue weighted by Gasteiger charge is 1.84. The highest BCUT2D eigenvalue weighted by Crippen LogP contribution is 1.87. The second kappa shape index (κ2) is 5.92. The molecule has 0 amide bonds. The summed E-state index contributed by atoms with van der Waals surface area (Å²) in [5.74, 6) is 0. The molecule has 0 bridgehead atoms. The molecular weight excluding hydrogens is 192 g/mol. The maximum atomic E-state index is 4.01. The van der Waals surface area contributed by atoms with E-state index in [-0.39, 0.29) is 0 Å². The van der Waals surface area contributed by atoms with Gasteiger partial charge in [-0.05, 0) is 20.9 Å². The summed E-state index contributed by atoms with van der Waals surface area (Å²) in [6, 6.07) is 16.2. The third kappa shape index (κ3) is 2.60. The van der Waals surface area contributed by atoms with Crippen LogP contribution in [-0.4, -0.2) is 0 Å². The number of benzene rings is 2. The molecule has 0 spiro atoms. The van der Waals surface area contributed by atoms with E-state index in [2.05, 4.69) is 25.3 Å². The number of rotatable bonds is 0. The predicted octanol–water partition coefficient (Wildman–Crippen LogP) is 2.82. The van der Waals surface area contributed by atoms with E-state index in [9.17, 15) is 0 Å². The zero-order valence-electron chi connectivity index (χ0n) is 10.0. The van der Waals surface area contributed by atoms with Gasteiger partial charge in [0.25, 0.3) is 0 Å². The molecule has 0 unspecified atom stereocenters. The van der Waals surface area contributed by atoms with Crippen LogP contribution in [0.3, 0.4) is 0 Å². The molecule has 0 aliphatic carbocycles. The van der Waals surface area contributed by atoms with Gasteiger partial charge in [0, 0.05) is 0 Å². The number of hydrogen-bond donors (Lipinski definition) is 0. The molecule has 0 radical (unpaired) electrons. The summed E-state index contributed by atoms with van der Waals surface area (Å²) in [5.41, 5.74) is 0. The average molecular weight is 210 g/mol. The van der Waals surface area contributed by atoms with Gasteiger partial charge in [-0.15, -0.1) is 0 Å². The molecule has 0 nitrogen and oxygen atoms in total. The first kappa shape index (κ1) is 12.3. The van der Waals surface area contributed by atoms with Gasteiger partial charge in [0.2, 0.25) is 0 Å². The molecule has 2 aromatic rings. The fourth-order valence-corrected chi connectivity index (χ4v) is 1.57. The van der Waals surface area contributed by atoms with Crippen molar-refractivity contribution in [3.8, 4) is 0 Å².